The quantitative estimate of drug-likeness (QED) is 0.744. The molecule has 0 aromatic heterocycles. The fourth-order valence-corrected chi connectivity index (χ4v) is 2.90. The second-order valence-electron chi connectivity index (χ2n) is 6.56. The Morgan fingerprint density at radius 2 is 2.03 bits per heavy atom. The Balaban J connectivity index is 1.71. The Hall–Kier alpha value is -3.27. The first-order chi connectivity index (χ1) is 13.7. The van der Waals surface area contributed by atoms with E-state index in [1.54, 1.807) is 24.3 Å². The number of alkyl halides is 3. The fourth-order valence-electron chi connectivity index (χ4n) is 2.90. The highest BCUT2D eigenvalue weighted by molar-refractivity contribution is 5.61. The van der Waals surface area contributed by atoms with Crippen molar-refractivity contribution >= 4 is 11.4 Å². The van der Waals surface area contributed by atoms with Gasteiger partial charge in [0.2, 0.25) is 0 Å². The summed E-state index contributed by atoms with van der Waals surface area (Å²) in [5.74, 6) is 0.429. The van der Waals surface area contributed by atoms with Crippen molar-refractivity contribution in [1.29, 1.82) is 5.26 Å². The van der Waals surface area contributed by atoms with Gasteiger partial charge in [-0.3, -0.25) is 0 Å². The smallest absolute Gasteiger partial charge is 0.407 e. The van der Waals surface area contributed by atoms with E-state index in [-0.39, 0.29) is 25.4 Å². The number of nitrogens with zero attached hydrogens (tertiary/aromatic N) is 2. The molecule has 2 atom stereocenters. The Morgan fingerprint density at radius 3 is 2.66 bits per heavy atom. The molecule has 2 unspecified atom stereocenters. The van der Waals surface area contributed by atoms with Crippen LogP contribution < -0.4 is 10.1 Å². The second-order valence-corrected chi connectivity index (χ2v) is 6.56. The number of hydrogen-bond donors (Lipinski definition) is 2. The molecule has 3 rings (SSSR count). The first-order valence-corrected chi connectivity index (χ1v) is 8.55. The number of rotatable bonds is 5. The van der Waals surface area contributed by atoms with Crippen molar-refractivity contribution in [2.24, 2.45) is 0 Å². The second kappa shape index (κ2) is 8.00. The highest BCUT2D eigenvalue weighted by atomic mass is 19.4. The fraction of sp³-hybridized carbons (Fsp3) is 0.300. The third-order valence-electron chi connectivity index (χ3n) is 4.50. The average Bonchev–Trinajstić information content (AvgIpc) is 3.06. The van der Waals surface area contributed by atoms with Crippen LogP contribution in [-0.2, 0) is 10.9 Å². The zero-order valence-electron chi connectivity index (χ0n) is 15.0. The van der Waals surface area contributed by atoms with Crippen molar-refractivity contribution in [2.75, 3.05) is 25.1 Å². The van der Waals surface area contributed by atoms with Crippen LogP contribution in [0.15, 0.2) is 42.5 Å². The first-order valence-electron chi connectivity index (χ1n) is 8.55. The van der Waals surface area contributed by atoms with Gasteiger partial charge in [0.25, 0.3) is 0 Å². The third kappa shape index (κ3) is 4.60. The number of ether oxygens (including phenoxy) is 2. The minimum atomic E-state index is -4.66. The molecule has 0 bridgehead atoms. The summed E-state index contributed by atoms with van der Waals surface area (Å²) in [6, 6.07) is 11.6. The molecule has 2 N–H and O–H groups in total. The largest absolute Gasteiger partial charge is 0.485 e. The van der Waals surface area contributed by atoms with Crippen molar-refractivity contribution in [3.63, 3.8) is 0 Å². The predicted octanol–water partition coefficient (Wildman–Crippen LogP) is 3.75. The minimum absolute atomic E-state index is 0.0623. The lowest BCUT2D eigenvalue weighted by atomic mass is 10.00. The molecule has 0 radical (unpaired) electrons. The Kier molecular flexibility index (Phi) is 5.64. The molecule has 150 valence electrons. The molecule has 2 aromatic rings. The topological polar surface area (TPSA) is 78.9 Å². The summed E-state index contributed by atoms with van der Waals surface area (Å²) in [5, 5.41) is 22.5. The van der Waals surface area contributed by atoms with Gasteiger partial charge in [-0.25, -0.2) is 4.85 Å². The molecule has 1 saturated heterocycles. The van der Waals surface area contributed by atoms with E-state index in [1.165, 1.54) is 6.07 Å². The third-order valence-corrected chi connectivity index (χ3v) is 4.50. The van der Waals surface area contributed by atoms with Crippen LogP contribution in [0.2, 0.25) is 0 Å². The van der Waals surface area contributed by atoms with E-state index in [4.69, 9.17) is 21.3 Å². The molecule has 0 amide bonds. The van der Waals surface area contributed by atoms with E-state index in [1.807, 2.05) is 6.07 Å². The van der Waals surface area contributed by atoms with Gasteiger partial charge in [0.05, 0.1) is 37.0 Å². The minimum Gasteiger partial charge on any atom is -0.485 e. The van der Waals surface area contributed by atoms with Crippen LogP contribution in [0, 0.1) is 17.9 Å². The van der Waals surface area contributed by atoms with Gasteiger partial charge in [-0.15, -0.1) is 0 Å². The summed E-state index contributed by atoms with van der Waals surface area (Å²) in [5.41, 5.74) is -2.45. The van der Waals surface area contributed by atoms with Gasteiger partial charge in [0.1, 0.15) is 11.4 Å². The van der Waals surface area contributed by atoms with E-state index in [0.717, 1.165) is 12.1 Å². The molecule has 9 heteroatoms. The van der Waals surface area contributed by atoms with E-state index < -0.39 is 29.1 Å². The van der Waals surface area contributed by atoms with E-state index >= 15 is 0 Å². The molecular formula is C20H16F3N3O3. The molecule has 1 aliphatic rings. The molecule has 0 saturated carbocycles. The summed E-state index contributed by atoms with van der Waals surface area (Å²) < 4.78 is 50.4. The lowest BCUT2D eigenvalue weighted by Crippen LogP contribution is -2.50. The van der Waals surface area contributed by atoms with Gasteiger partial charge in [-0.2, -0.15) is 18.4 Å². The Bertz CT molecular complexity index is 964. The highest BCUT2D eigenvalue weighted by Crippen LogP contribution is 2.38. The molecule has 0 aliphatic carbocycles. The van der Waals surface area contributed by atoms with Crippen molar-refractivity contribution < 1.29 is 27.8 Å². The maximum absolute atomic E-state index is 13.1. The van der Waals surface area contributed by atoms with Crippen LogP contribution in [0.1, 0.15) is 11.1 Å². The van der Waals surface area contributed by atoms with E-state index in [2.05, 4.69) is 10.2 Å². The lowest BCUT2D eigenvalue weighted by Gasteiger charge is -2.29. The molecule has 29 heavy (non-hydrogen) atoms. The van der Waals surface area contributed by atoms with Gasteiger partial charge in [0, 0.05) is 12.2 Å². The van der Waals surface area contributed by atoms with Gasteiger partial charge >= 0.3 is 6.18 Å². The number of anilines is 1. The van der Waals surface area contributed by atoms with Gasteiger partial charge in [0.15, 0.2) is 11.8 Å². The van der Waals surface area contributed by atoms with Crippen LogP contribution >= 0.6 is 0 Å². The number of halogens is 3. The van der Waals surface area contributed by atoms with Gasteiger partial charge in [-0.05, 0) is 36.4 Å². The number of hydrogen-bond acceptors (Lipinski definition) is 5. The van der Waals surface area contributed by atoms with Crippen molar-refractivity contribution in [1.82, 2.24) is 0 Å². The zero-order valence-corrected chi connectivity index (χ0v) is 15.0. The number of nitrogens with one attached hydrogen (secondary N) is 1. The molecule has 1 aliphatic heterocycles. The van der Waals surface area contributed by atoms with Gasteiger partial charge < -0.3 is 19.9 Å². The lowest BCUT2D eigenvalue weighted by molar-refractivity contribution is -0.136. The average molecular weight is 403 g/mol. The van der Waals surface area contributed by atoms with Crippen LogP contribution in [0.4, 0.5) is 24.5 Å². The molecule has 0 spiro atoms. The summed E-state index contributed by atoms with van der Waals surface area (Å²) in [6.07, 6.45) is -5.42. The predicted molar refractivity (Wildman–Crippen MR) is 97.5 cm³/mol. The summed E-state index contributed by atoms with van der Waals surface area (Å²) in [7, 11) is 0. The van der Waals surface area contributed by atoms with Gasteiger partial charge in [-0.1, -0.05) is 6.07 Å². The number of benzene rings is 2. The van der Waals surface area contributed by atoms with E-state index in [0.29, 0.717) is 11.3 Å². The SMILES string of the molecule is [C-]#[N+]c1ccc(NCC2(O)COCC2Oc2ccc(C#N)cc2)cc1C(F)(F)F. The molecule has 6 nitrogen and oxygen atoms in total. The highest BCUT2D eigenvalue weighted by Gasteiger charge is 2.44. The monoisotopic (exact) mass is 403 g/mol. The maximum Gasteiger partial charge on any atom is 0.407 e. The van der Waals surface area contributed by atoms with Crippen molar-refractivity contribution in [2.45, 2.75) is 17.9 Å². The zero-order chi connectivity index (χ0) is 21.1. The Labute approximate surface area is 164 Å². The first kappa shape index (κ1) is 20.5. The van der Waals surface area contributed by atoms with Crippen LogP contribution in [0.3, 0.4) is 0 Å². The summed E-state index contributed by atoms with van der Waals surface area (Å²) in [4.78, 5) is 2.89. The summed E-state index contributed by atoms with van der Waals surface area (Å²) in [6.45, 7) is 6.79. The normalized spacial score (nSPS) is 21.2. The molecular weight excluding hydrogens is 387 g/mol. The number of nitriles is 1. The molecule has 1 heterocycles. The van der Waals surface area contributed by atoms with Crippen LogP contribution in [-0.4, -0.2) is 36.6 Å². The number of aliphatic hydroxyl groups is 1. The van der Waals surface area contributed by atoms with E-state index in [9.17, 15) is 18.3 Å². The van der Waals surface area contributed by atoms with Crippen LogP contribution in [0.25, 0.3) is 4.85 Å². The summed E-state index contributed by atoms with van der Waals surface area (Å²) >= 11 is 0. The standard InChI is InChI=1S/C20H16F3N3O3/c1-25-17-7-4-14(8-16(17)20(21,22)23)26-11-19(27)12-28-10-18(19)29-15-5-2-13(9-24)3-6-15/h2-8,18,26-27H,10-12H2. The van der Waals surface area contributed by atoms with Crippen molar-refractivity contribution in [3.05, 3.63) is 65.0 Å². The Morgan fingerprint density at radius 1 is 1.31 bits per heavy atom. The maximum atomic E-state index is 13.1. The molecule has 2 aromatic carbocycles. The van der Waals surface area contributed by atoms with Crippen LogP contribution in [0.5, 0.6) is 5.75 Å². The molecule has 1 fully saturated rings. The van der Waals surface area contributed by atoms with Crippen molar-refractivity contribution in [3.8, 4) is 11.8 Å².